The third kappa shape index (κ3) is 4.63. The zero-order chi connectivity index (χ0) is 11.9. The molecule has 0 radical (unpaired) electrons. The summed E-state index contributed by atoms with van der Waals surface area (Å²) < 4.78 is 0. The molecule has 0 saturated heterocycles. The Balaban J connectivity index is 1.64. The van der Waals surface area contributed by atoms with Crippen molar-refractivity contribution >= 4 is 6.21 Å². The predicted molar refractivity (Wildman–Crippen MR) is 74.5 cm³/mol. The standard InChI is InChI=1S/C15H26N2/c1-13(10-14-6-3-2-4-7-14)17-12-15-8-5-9-16-11-15/h9,11,13-14,17H,2-8,10,12H2,1H3. The maximum atomic E-state index is 4.23. The number of aliphatic imine (C=N–C) groups is 1. The van der Waals surface area contributed by atoms with Crippen molar-refractivity contribution in [3.63, 3.8) is 0 Å². The van der Waals surface area contributed by atoms with Gasteiger partial charge in [0.05, 0.1) is 0 Å². The van der Waals surface area contributed by atoms with Crippen LogP contribution >= 0.6 is 0 Å². The highest BCUT2D eigenvalue weighted by molar-refractivity contribution is 5.60. The highest BCUT2D eigenvalue weighted by Gasteiger charge is 2.16. The monoisotopic (exact) mass is 234 g/mol. The van der Waals surface area contributed by atoms with Gasteiger partial charge in [-0.3, -0.25) is 4.99 Å². The van der Waals surface area contributed by atoms with Gasteiger partial charge < -0.3 is 5.32 Å². The van der Waals surface area contributed by atoms with Gasteiger partial charge in [0.25, 0.3) is 0 Å². The fourth-order valence-electron chi connectivity index (χ4n) is 2.99. The summed E-state index contributed by atoms with van der Waals surface area (Å²) in [6.07, 6.45) is 15.0. The van der Waals surface area contributed by atoms with Gasteiger partial charge in [-0.2, -0.15) is 0 Å². The van der Waals surface area contributed by atoms with Crippen molar-refractivity contribution in [3.05, 3.63) is 11.8 Å². The Morgan fingerprint density at radius 3 is 2.88 bits per heavy atom. The summed E-state index contributed by atoms with van der Waals surface area (Å²) in [5.41, 5.74) is 1.46. The second-order valence-corrected chi connectivity index (χ2v) is 5.68. The summed E-state index contributed by atoms with van der Waals surface area (Å²) in [5, 5.41) is 3.66. The van der Waals surface area contributed by atoms with Crippen molar-refractivity contribution in [2.45, 2.75) is 64.3 Å². The van der Waals surface area contributed by atoms with Crippen LogP contribution in [0.3, 0.4) is 0 Å². The molecule has 0 aromatic heterocycles. The molecule has 1 fully saturated rings. The lowest BCUT2D eigenvalue weighted by atomic mass is 9.85. The molecule has 2 heteroatoms. The molecule has 0 bridgehead atoms. The van der Waals surface area contributed by atoms with Crippen LogP contribution in [0.25, 0.3) is 0 Å². The van der Waals surface area contributed by atoms with E-state index in [0.29, 0.717) is 6.04 Å². The number of hydrogen-bond donors (Lipinski definition) is 1. The largest absolute Gasteiger partial charge is 0.310 e. The summed E-state index contributed by atoms with van der Waals surface area (Å²) in [7, 11) is 0. The third-order valence-electron chi connectivity index (χ3n) is 4.05. The van der Waals surface area contributed by atoms with Crippen molar-refractivity contribution < 1.29 is 0 Å². The van der Waals surface area contributed by atoms with Crippen LogP contribution in [0.2, 0.25) is 0 Å². The Morgan fingerprint density at radius 1 is 1.35 bits per heavy atom. The van der Waals surface area contributed by atoms with Crippen molar-refractivity contribution in [2.24, 2.45) is 10.9 Å². The van der Waals surface area contributed by atoms with E-state index < -0.39 is 0 Å². The van der Waals surface area contributed by atoms with Crippen LogP contribution in [-0.4, -0.2) is 18.8 Å². The Kier molecular flexibility index (Phi) is 5.24. The molecule has 1 atom stereocenters. The van der Waals surface area contributed by atoms with E-state index >= 15 is 0 Å². The highest BCUT2D eigenvalue weighted by atomic mass is 14.9. The van der Waals surface area contributed by atoms with Gasteiger partial charge in [-0.25, -0.2) is 0 Å². The first-order valence-corrected chi connectivity index (χ1v) is 7.27. The van der Waals surface area contributed by atoms with E-state index in [1.807, 2.05) is 12.4 Å². The summed E-state index contributed by atoms with van der Waals surface area (Å²) in [6.45, 7) is 3.37. The van der Waals surface area contributed by atoms with Crippen molar-refractivity contribution in [2.75, 3.05) is 6.54 Å². The summed E-state index contributed by atoms with van der Waals surface area (Å²) in [6, 6.07) is 0.657. The van der Waals surface area contributed by atoms with E-state index in [9.17, 15) is 0 Å². The SMILES string of the molecule is CC(CC1CCCCC1)NCC1=CN=CCC1. The van der Waals surface area contributed by atoms with Crippen LogP contribution in [0.15, 0.2) is 16.8 Å². The molecule has 1 N–H and O–H groups in total. The quantitative estimate of drug-likeness (QED) is 0.771. The van der Waals surface area contributed by atoms with E-state index in [1.54, 1.807) is 0 Å². The first-order chi connectivity index (χ1) is 8.34. The number of nitrogens with zero attached hydrogens (tertiary/aromatic N) is 1. The van der Waals surface area contributed by atoms with Crippen LogP contribution in [0, 0.1) is 5.92 Å². The van der Waals surface area contributed by atoms with E-state index in [0.717, 1.165) is 18.9 Å². The fraction of sp³-hybridized carbons (Fsp3) is 0.800. The number of hydrogen-bond acceptors (Lipinski definition) is 2. The second kappa shape index (κ2) is 6.95. The highest BCUT2D eigenvalue weighted by Crippen LogP contribution is 2.27. The Labute approximate surface area is 106 Å². The lowest BCUT2D eigenvalue weighted by Crippen LogP contribution is -2.30. The molecule has 1 aliphatic carbocycles. The molecule has 17 heavy (non-hydrogen) atoms. The average molecular weight is 234 g/mol. The summed E-state index contributed by atoms with van der Waals surface area (Å²) >= 11 is 0. The van der Waals surface area contributed by atoms with Crippen LogP contribution < -0.4 is 5.32 Å². The summed E-state index contributed by atoms with van der Waals surface area (Å²) in [5.74, 6) is 0.976. The predicted octanol–water partition coefficient (Wildman–Crippen LogP) is 3.68. The Hall–Kier alpha value is -0.630. The average Bonchev–Trinajstić information content (AvgIpc) is 2.39. The molecule has 0 aromatic rings. The third-order valence-corrected chi connectivity index (χ3v) is 4.05. The van der Waals surface area contributed by atoms with Crippen LogP contribution in [0.1, 0.15) is 58.3 Å². The topological polar surface area (TPSA) is 24.4 Å². The molecule has 96 valence electrons. The van der Waals surface area contributed by atoms with Gasteiger partial charge in [0.1, 0.15) is 0 Å². The lowest BCUT2D eigenvalue weighted by Gasteiger charge is -2.25. The van der Waals surface area contributed by atoms with E-state index in [2.05, 4.69) is 17.2 Å². The van der Waals surface area contributed by atoms with Crippen LogP contribution in [0.4, 0.5) is 0 Å². The summed E-state index contributed by atoms with van der Waals surface area (Å²) in [4.78, 5) is 4.23. The van der Waals surface area contributed by atoms with Crippen molar-refractivity contribution in [1.82, 2.24) is 5.32 Å². The molecule has 2 aliphatic rings. The fourth-order valence-corrected chi connectivity index (χ4v) is 2.99. The van der Waals surface area contributed by atoms with E-state index in [-0.39, 0.29) is 0 Å². The van der Waals surface area contributed by atoms with Gasteiger partial charge in [-0.05, 0) is 37.7 Å². The molecule has 2 nitrogen and oxygen atoms in total. The van der Waals surface area contributed by atoms with Gasteiger partial charge in [0.15, 0.2) is 0 Å². The lowest BCUT2D eigenvalue weighted by molar-refractivity contribution is 0.307. The maximum absolute atomic E-state index is 4.23. The van der Waals surface area contributed by atoms with Crippen LogP contribution in [-0.2, 0) is 0 Å². The minimum Gasteiger partial charge on any atom is -0.310 e. The van der Waals surface area contributed by atoms with Gasteiger partial charge in [-0.1, -0.05) is 32.1 Å². The molecule has 1 heterocycles. The Bertz CT molecular complexity index is 275. The minimum absolute atomic E-state index is 0.657. The Morgan fingerprint density at radius 2 is 2.18 bits per heavy atom. The molecule has 0 amide bonds. The zero-order valence-corrected chi connectivity index (χ0v) is 11.1. The minimum atomic E-state index is 0.657. The smallest absolute Gasteiger partial charge is 0.0268 e. The number of nitrogens with one attached hydrogen (secondary N) is 1. The molecule has 1 saturated carbocycles. The van der Waals surface area contributed by atoms with Gasteiger partial charge in [0, 0.05) is 25.0 Å². The first-order valence-electron chi connectivity index (χ1n) is 7.27. The van der Waals surface area contributed by atoms with Gasteiger partial charge in [0.2, 0.25) is 0 Å². The van der Waals surface area contributed by atoms with E-state index in [1.165, 1.54) is 50.5 Å². The second-order valence-electron chi connectivity index (χ2n) is 5.68. The van der Waals surface area contributed by atoms with Crippen LogP contribution in [0.5, 0.6) is 0 Å². The molecular formula is C15H26N2. The zero-order valence-electron chi connectivity index (χ0n) is 11.1. The molecule has 0 spiro atoms. The molecule has 2 rings (SSSR count). The van der Waals surface area contributed by atoms with Crippen molar-refractivity contribution in [3.8, 4) is 0 Å². The molecule has 1 unspecified atom stereocenters. The normalized spacial score (nSPS) is 23.5. The number of rotatable bonds is 5. The van der Waals surface area contributed by atoms with Crippen molar-refractivity contribution in [1.29, 1.82) is 0 Å². The molecular weight excluding hydrogens is 208 g/mol. The molecule has 0 aromatic carbocycles. The van der Waals surface area contributed by atoms with Gasteiger partial charge in [-0.15, -0.1) is 0 Å². The molecule has 1 aliphatic heterocycles. The first kappa shape index (κ1) is 12.8. The maximum Gasteiger partial charge on any atom is 0.0268 e. The van der Waals surface area contributed by atoms with E-state index in [4.69, 9.17) is 0 Å². The van der Waals surface area contributed by atoms with Gasteiger partial charge >= 0.3 is 0 Å².